The number of rotatable bonds is 6. The molecular formula is C19H26N4O2. The molecule has 0 spiro atoms. The molecule has 0 saturated carbocycles. The van der Waals surface area contributed by atoms with E-state index in [-0.39, 0.29) is 11.9 Å². The summed E-state index contributed by atoms with van der Waals surface area (Å²) in [7, 11) is 3.56. The van der Waals surface area contributed by atoms with Gasteiger partial charge in [0.05, 0.1) is 13.7 Å². The van der Waals surface area contributed by atoms with Crippen molar-refractivity contribution in [1.29, 1.82) is 0 Å². The van der Waals surface area contributed by atoms with Gasteiger partial charge in [-0.15, -0.1) is 0 Å². The van der Waals surface area contributed by atoms with Crippen LogP contribution in [0, 0.1) is 0 Å². The lowest BCUT2D eigenvalue weighted by atomic mass is 10.0. The molecule has 6 nitrogen and oxygen atoms in total. The zero-order chi connectivity index (χ0) is 17.8. The number of benzene rings is 1. The fourth-order valence-corrected chi connectivity index (χ4v) is 3.36. The Kier molecular flexibility index (Phi) is 5.38. The van der Waals surface area contributed by atoms with Gasteiger partial charge in [-0.1, -0.05) is 6.07 Å². The van der Waals surface area contributed by atoms with E-state index < -0.39 is 0 Å². The summed E-state index contributed by atoms with van der Waals surface area (Å²) >= 11 is 0. The van der Waals surface area contributed by atoms with Gasteiger partial charge in [-0.3, -0.25) is 9.48 Å². The quantitative estimate of drug-likeness (QED) is 0.874. The fourth-order valence-electron chi connectivity index (χ4n) is 3.36. The Morgan fingerprint density at radius 1 is 1.44 bits per heavy atom. The number of methoxy groups -OCH3 is 1. The predicted molar refractivity (Wildman–Crippen MR) is 96.5 cm³/mol. The summed E-state index contributed by atoms with van der Waals surface area (Å²) in [6, 6.07) is 8.74. The van der Waals surface area contributed by atoms with E-state index >= 15 is 0 Å². The fraction of sp³-hybridized carbons (Fsp3) is 0.474. The summed E-state index contributed by atoms with van der Waals surface area (Å²) in [6.07, 6.45) is 5.24. The Bertz CT molecular complexity index is 714. The van der Waals surface area contributed by atoms with Crippen LogP contribution in [-0.4, -0.2) is 47.3 Å². The van der Waals surface area contributed by atoms with Crippen molar-refractivity contribution < 1.29 is 9.53 Å². The first kappa shape index (κ1) is 17.5. The molecule has 1 aliphatic rings. The number of ether oxygens (including phenoxy) is 1. The first-order chi connectivity index (χ1) is 12.1. The average Bonchev–Trinajstić information content (AvgIpc) is 3.11. The first-order valence-corrected chi connectivity index (χ1v) is 8.71. The third-order valence-corrected chi connectivity index (χ3v) is 4.81. The average molecular weight is 342 g/mol. The van der Waals surface area contributed by atoms with Crippen molar-refractivity contribution in [3.8, 4) is 5.75 Å². The molecule has 0 bridgehead atoms. The van der Waals surface area contributed by atoms with Crippen molar-refractivity contribution >= 4 is 5.91 Å². The van der Waals surface area contributed by atoms with Crippen LogP contribution in [0.2, 0.25) is 0 Å². The van der Waals surface area contributed by atoms with Gasteiger partial charge in [0.1, 0.15) is 5.75 Å². The van der Waals surface area contributed by atoms with Crippen LogP contribution in [0.15, 0.2) is 36.7 Å². The van der Waals surface area contributed by atoms with Crippen LogP contribution < -0.4 is 10.1 Å². The van der Waals surface area contributed by atoms with Crippen LogP contribution in [-0.2, 0) is 11.3 Å². The number of carbonyl (C=O) groups excluding carboxylic acids is 1. The van der Waals surface area contributed by atoms with Gasteiger partial charge < -0.3 is 15.0 Å². The number of carbonyl (C=O) groups is 1. The molecule has 0 aliphatic carbocycles. The van der Waals surface area contributed by atoms with E-state index in [0.717, 1.165) is 24.3 Å². The van der Waals surface area contributed by atoms with Gasteiger partial charge in [0.25, 0.3) is 0 Å². The van der Waals surface area contributed by atoms with Gasteiger partial charge in [0.2, 0.25) is 5.91 Å². The van der Waals surface area contributed by atoms with Crippen LogP contribution in [0.1, 0.15) is 36.9 Å². The molecule has 2 atom stereocenters. The molecule has 25 heavy (non-hydrogen) atoms. The maximum Gasteiger partial charge on any atom is 0.222 e. The van der Waals surface area contributed by atoms with E-state index in [1.807, 2.05) is 35.0 Å². The van der Waals surface area contributed by atoms with Crippen LogP contribution >= 0.6 is 0 Å². The lowest BCUT2D eigenvalue weighted by Gasteiger charge is -2.32. The molecule has 1 fully saturated rings. The van der Waals surface area contributed by atoms with Crippen molar-refractivity contribution in [3.05, 3.63) is 47.8 Å². The number of aromatic nitrogens is 2. The predicted octanol–water partition coefficient (Wildman–Crippen LogP) is 2.21. The smallest absolute Gasteiger partial charge is 0.222 e. The minimum Gasteiger partial charge on any atom is -0.496 e. The molecule has 0 unspecified atom stereocenters. The normalized spacial score (nSPS) is 19.1. The van der Waals surface area contributed by atoms with Gasteiger partial charge >= 0.3 is 0 Å². The van der Waals surface area contributed by atoms with Crippen LogP contribution in [0.5, 0.6) is 5.75 Å². The molecule has 6 heteroatoms. The summed E-state index contributed by atoms with van der Waals surface area (Å²) in [5.74, 6) is 1.10. The van der Waals surface area contributed by atoms with E-state index in [0.29, 0.717) is 19.0 Å². The van der Waals surface area contributed by atoms with E-state index in [1.54, 1.807) is 13.3 Å². The SMILES string of the molecule is COc1ccc([C@H](C)N[C@@H]2CCC(=O)N(C)C2)cc1Cn1cccn1. The lowest BCUT2D eigenvalue weighted by Crippen LogP contribution is -2.47. The maximum absolute atomic E-state index is 11.6. The van der Waals surface area contributed by atoms with Crippen molar-refractivity contribution in [2.45, 2.75) is 38.4 Å². The minimum atomic E-state index is 0.203. The van der Waals surface area contributed by atoms with Crippen LogP contribution in [0.25, 0.3) is 0 Å². The number of nitrogens with one attached hydrogen (secondary N) is 1. The highest BCUT2D eigenvalue weighted by atomic mass is 16.5. The molecule has 134 valence electrons. The zero-order valence-corrected chi connectivity index (χ0v) is 15.1. The van der Waals surface area contributed by atoms with Gasteiger partial charge in [-0.05, 0) is 37.1 Å². The highest BCUT2D eigenvalue weighted by molar-refractivity contribution is 5.76. The summed E-state index contributed by atoms with van der Waals surface area (Å²) in [5, 5.41) is 7.93. The summed E-state index contributed by atoms with van der Waals surface area (Å²) in [4.78, 5) is 13.4. The lowest BCUT2D eigenvalue weighted by molar-refractivity contribution is -0.132. The number of amides is 1. The standard InChI is InChI=1S/C19H26N4O2/c1-14(21-17-6-8-19(24)22(2)13-17)15-5-7-18(25-3)16(11-15)12-23-10-4-9-20-23/h4-5,7,9-11,14,17,21H,6,8,12-13H2,1-3H3/t14-,17+/m0/s1. The van der Waals surface area contributed by atoms with E-state index in [1.165, 1.54) is 5.56 Å². The maximum atomic E-state index is 11.6. The van der Waals surface area contributed by atoms with Crippen molar-refractivity contribution in [1.82, 2.24) is 20.0 Å². The molecule has 3 rings (SSSR count). The van der Waals surface area contributed by atoms with E-state index in [9.17, 15) is 4.79 Å². The Morgan fingerprint density at radius 3 is 2.96 bits per heavy atom. The Morgan fingerprint density at radius 2 is 2.28 bits per heavy atom. The van der Waals surface area contributed by atoms with Gasteiger partial charge in [-0.25, -0.2) is 0 Å². The van der Waals surface area contributed by atoms with Crippen LogP contribution in [0.4, 0.5) is 0 Å². The number of piperidine rings is 1. The second kappa shape index (κ2) is 7.70. The molecular weight excluding hydrogens is 316 g/mol. The third-order valence-electron chi connectivity index (χ3n) is 4.81. The highest BCUT2D eigenvalue weighted by Crippen LogP contribution is 2.25. The van der Waals surface area contributed by atoms with Crippen molar-refractivity contribution in [2.24, 2.45) is 0 Å². The molecule has 2 aromatic rings. The summed E-state index contributed by atoms with van der Waals surface area (Å²) in [5.41, 5.74) is 2.32. The van der Waals surface area contributed by atoms with E-state index in [2.05, 4.69) is 29.5 Å². The number of nitrogens with zero attached hydrogens (tertiary/aromatic N) is 3. The molecule has 1 amide bonds. The summed E-state index contributed by atoms with van der Waals surface area (Å²) in [6.45, 7) is 3.60. The molecule has 1 saturated heterocycles. The highest BCUT2D eigenvalue weighted by Gasteiger charge is 2.24. The Labute approximate surface area is 148 Å². The number of hydrogen-bond donors (Lipinski definition) is 1. The number of likely N-dealkylation sites (N-methyl/N-ethyl adjacent to an activating group) is 1. The van der Waals surface area contributed by atoms with Gasteiger partial charge in [-0.2, -0.15) is 5.10 Å². The summed E-state index contributed by atoms with van der Waals surface area (Å²) < 4.78 is 7.39. The third kappa shape index (κ3) is 4.20. The van der Waals surface area contributed by atoms with Crippen molar-refractivity contribution in [3.63, 3.8) is 0 Å². The molecule has 1 N–H and O–H groups in total. The number of hydrogen-bond acceptors (Lipinski definition) is 4. The first-order valence-electron chi connectivity index (χ1n) is 8.71. The molecule has 1 aromatic heterocycles. The van der Waals surface area contributed by atoms with Crippen LogP contribution in [0.3, 0.4) is 0 Å². The Hall–Kier alpha value is -2.34. The molecule has 2 heterocycles. The monoisotopic (exact) mass is 342 g/mol. The van der Waals surface area contributed by atoms with Gasteiger partial charge in [0.15, 0.2) is 0 Å². The van der Waals surface area contributed by atoms with Gasteiger partial charge in [0, 0.05) is 50.1 Å². The van der Waals surface area contributed by atoms with Crippen molar-refractivity contribution in [2.75, 3.05) is 20.7 Å². The minimum absolute atomic E-state index is 0.203. The topological polar surface area (TPSA) is 59.4 Å². The molecule has 1 aromatic carbocycles. The Balaban J connectivity index is 1.71. The largest absolute Gasteiger partial charge is 0.496 e. The second-order valence-corrected chi connectivity index (χ2v) is 6.67. The van der Waals surface area contributed by atoms with E-state index in [4.69, 9.17) is 4.74 Å². The number of likely N-dealkylation sites (tertiary alicyclic amines) is 1. The molecule has 0 radical (unpaired) electrons. The second-order valence-electron chi connectivity index (χ2n) is 6.67. The zero-order valence-electron chi connectivity index (χ0n) is 15.1. The molecule has 1 aliphatic heterocycles.